The van der Waals surface area contributed by atoms with Gasteiger partial charge in [0.1, 0.15) is 11.4 Å². The zero-order valence-electron chi connectivity index (χ0n) is 15.2. The first kappa shape index (κ1) is 18.7. The SMILES string of the molecule is CN1Cc2c(N3CCN(C(=O)OC(C)(C)C)CC3)cc(F)c(I)c2C1. The van der Waals surface area contributed by atoms with Crippen molar-refractivity contribution in [3.63, 3.8) is 0 Å². The zero-order valence-corrected chi connectivity index (χ0v) is 17.4. The van der Waals surface area contributed by atoms with Crippen molar-refractivity contribution in [2.75, 3.05) is 38.1 Å². The Bertz CT molecular complexity index is 682. The van der Waals surface area contributed by atoms with Gasteiger partial charge in [-0.15, -0.1) is 0 Å². The van der Waals surface area contributed by atoms with E-state index < -0.39 is 5.60 Å². The number of rotatable bonds is 1. The largest absolute Gasteiger partial charge is 0.444 e. The molecule has 138 valence electrons. The van der Waals surface area contributed by atoms with E-state index in [1.807, 2.05) is 20.8 Å². The van der Waals surface area contributed by atoms with E-state index in [-0.39, 0.29) is 11.9 Å². The number of ether oxygens (including phenoxy) is 1. The smallest absolute Gasteiger partial charge is 0.410 e. The molecule has 0 saturated carbocycles. The molecule has 0 N–H and O–H groups in total. The zero-order chi connectivity index (χ0) is 18.4. The number of amides is 1. The fraction of sp³-hybridized carbons (Fsp3) is 0.611. The molecule has 2 aliphatic heterocycles. The lowest BCUT2D eigenvalue weighted by molar-refractivity contribution is 0.0240. The van der Waals surface area contributed by atoms with Crippen LogP contribution < -0.4 is 4.90 Å². The molecule has 1 fully saturated rings. The number of carbonyl (C=O) groups excluding carboxylic acids is 1. The van der Waals surface area contributed by atoms with Crippen LogP contribution in [-0.2, 0) is 17.8 Å². The minimum Gasteiger partial charge on any atom is -0.444 e. The monoisotopic (exact) mass is 461 g/mol. The molecule has 1 saturated heterocycles. The lowest BCUT2D eigenvalue weighted by Crippen LogP contribution is -2.50. The number of halogens is 2. The van der Waals surface area contributed by atoms with Gasteiger partial charge >= 0.3 is 6.09 Å². The quantitative estimate of drug-likeness (QED) is 0.601. The summed E-state index contributed by atoms with van der Waals surface area (Å²) in [6, 6.07) is 1.66. The summed E-state index contributed by atoms with van der Waals surface area (Å²) in [6.07, 6.45) is -0.272. The molecule has 0 spiro atoms. The van der Waals surface area contributed by atoms with Gasteiger partial charge in [-0.2, -0.15) is 0 Å². The van der Waals surface area contributed by atoms with Gasteiger partial charge in [0.15, 0.2) is 0 Å². The molecule has 25 heavy (non-hydrogen) atoms. The summed E-state index contributed by atoms with van der Waals surface area (Å²) in [5, 5.41) is 0. The molecule has 1 aromatic rings. The fourth-order valence-electron chi connectivity index (χ4n) is 3.38. The predicted molar refractivity (Wildman–Crippen MR) is 104 cm³/mol. The number of carbonyl (C=O) groups is 1. The Morgan fingerprint density at radius 2 is 1.76 bits per heavy atom. The van der Waals surface area contributed by atoms with Gasteiger partial charge in [0.2, 0.25) is 0 Å². The predicted octanol–water partition coefficient (Wildman–Crippen LogP) is 3.43. The van der Waals surface area contributed by atoms with Crippen molar-refractivity contribution in [1.82, 2.24) is 9.80 Å². The number of nitrogens with zero attached hydrogens (tertiary/aromatic N) is 3. The topological polar surface area (TPSA) is 36.0 Å². The van der Waals surface area contributed by atoms with Crippen molar-refractivity contribution in [3.05, 3.63) is 26.6 Å². The summed E-state index contributed by atoms with van der Waals surface area (Å²) in [4.78, 5) is 18.3. The Morgan fingerprint density at radius 1 is 1.16 bits per heavy atom. The van der Waals surface area contributed by atoms with Crippen LogP contribution in [0.25, 0.3) is 0 Å². The van der Waals surface area contributed by atoms with Crippen LogP contribution in [0.15, 0.2) is 6.07 Å². The van der Waals surface area contributed by atoms with Gasteiger partial charge in [0, 0.05) is 45.0 Å². The number of piperazine rings is 1. The fourth-order valence-corrected chi connectivity index (χ4v) is 4.03. The number of benzene rings is 1. The third-order valence-corrected chi connectivity index (χ3v) is 5.71. The van der Waals surface area contributed by atoms with Gasteiger partial charge in [-0.3, -0.25) is 4.90 Å². The molecule has 2 heterocycles. The van der Waals surface area contributed by atoms with E-state index in [9.17, 15) is 9.18 Å². The van der Waals surface area contributed by atoms with E-state index in [2.05, 4.69) is 39.4 Å². The lowest BCUT2D eigenvalue weighted by atomic mass is 10.1. The molecule has 2 aliphatic rings. The molecule has 0 atom stereocenters. The normalized spacial score (nSPS) is 18.5. The summed E-state index contributed by atoms with van der Waals surface area (Å²) >= 11 is 2.10. The maximum absolute atomic E-state index is 14.4. The molecule has 3 rings (SSSR count). The van der Waals surface area contributed by atoms with Gasteiger partial charge in [-0.05, 0) is 67.6 Å². The van der Waals surface area contributed by atoms with Crippen LogP contribution in [0.4, 0.5) is 14.9 Å². The summed E-state index contributed by atoms with van der Waals surface area (Å²) in [5.74, 6) is -0.153. The van der Waals surface area contributed by atoms with Crippen LogP contribution in [-0.4, -0.2) is 54.7 Å². The molecule has 1 amide bonds. The average Bonchev–Trinajstić information content (AvgIpc) is 2.91. The van der Waals surface area contributed by atoms with Crippen molar-refractivity contribution in [1.29, 1.82) is 0 Å². The highest BCUT2D eigenvalue weighted by molar-refractivity contribution is 14.1. The van der Waals surface area contributed by atoms with Gasteiger partial charge in [-0.25, -0.2) is 9.18 Å². The minimum atomic E-state index is -0.487. The van der Waals surface area contributed by atoms with Crippen molar-refractivity contribution < 1.29 is 13.9 Å². The molecule has 0 aromatic heterocycles. The van der Waals surface area contributed by atoms with Crippen LogP contribution in [0.3, 0.4) is 0 Å². The van der Waals surface area contributed by atoms with E-state index in [0.717, 1.165) is 27.9 Å². The highest BCUT2D eigenvalue weighted by Gasteiger charge is 2.30. The Morgan fingerprint density at radius 3 is 2.36 bits per heavy atom. The van der Waals surface area contributed by atoms with E-state index in [1.54, 1.807) is 11.0 Å². The molecule has 0 radical (unpaired) electrons. The first-order valence-electron chi connectivity index (χ1n) is 8.57. The maximum atomic E-state index is 14.4. The van der Waals surface area contributed by atoms with Crippen LogP contribution in [0.1, 0.15) is 31.9 Å². The van der Waals surface area contributed by atoms with Crippen LogP contribution in [0, 0.1) is 9.39 Å². The molecular formula is C18H25FIN3O2. The van der Waals surface area contributed by atoms with E-state index in [4.69, 9.17) is 4.74 Å². The van der Waals surface area contributed by atoms with Crippen LogP contribution in [0.2, 0.25) is 0 Å². The highest BCUT2D eigenvalue weighted by Crippen LogP contribution is 2.36. The number of anilines is 1. The lowest BCUT2D eigenvalue weighted by Gasteiger charge is -2.37. The van der Waals surface area contributed by atoms with E-state index >= 15 is 0 Å². The maximum Gasteiger partial charge on any atom is 0.410 e. The van der Waals surface area contributed by atoms with Crippen molar-refractivity contribution in [2.24, 2.45) is 0 Å². The average molecular weight is 461 g/mol. The Labute approximate surface area is 162 Å². The highest BCUT2D eigenvalue weighted by atomic mass is 127. The molecular weight excluding hydrogens is 436 g/mol. The second kappa shape index (κ2) is 6.90. The molecule has 1 aromatic carbocycles. The Kier molecular flexibility index (Phi) is 5.16. The second-order valence-electron chi connectivity index (χ2n) is 7.78. The number of hydrogen-bond donors (Lipinski definition) is 0. The third kappa shape index (κ3) is 4.02. The number of hydrogen-bond acceptors (Lipinski definition) is 4. The third-order valence-electron chi connectivity index (χ3n) is 4.54. The molecule has 7 heteroatoms. The molecule has 0 bridgehead atoms. The standard InChI is InChI=1S/C18H25FIN3O2/c1-18(2,3)25-17(24)23-7-5-22(6-8-23)15-9-14(19)16(20)13-11-21(4)10-12(13)15/h9H,5-8,10-11H2,1-4H3. The molecule has 0 aliphatic carbocycles. The molecule has 0 unspecified atom stereocenters. The molecule has 5 nitrogen and oxygen atoms in total. The summed E-state index contributed by atoms with van der Waals surface area (Å²) < 4.78 is 20.5. The van der Waals surface area contributed by atoms with E-state index in [1.165, 1.54) is 5.56 Å². The van der Waals surface area contributed by atoms with Gasteiger partial charge in [0.25, 0.3) is 0 Å². The van der Waals surface area contributed by atoms with Gasteiger partial charge in [-0.1, -0.05) is 0 Å². The first-order chi connectivity index (χ1) is 11.7. The van der Waals surface area contributed by atoms with Crippen molar-refractivity contribution in [2.45, 2.75) is 39.5 Å². The van der Waals surface area contributed by atoms with Crippen LogP contribution >= 0.6 is 22.6 Å². The Balaban J connectivity index is 1.73. The first-order valence-corrected chi connectivity index (χ1v) is 9.65. The van der Waals surface area contributed by atoms with Crippen LogP contribution in [0.5, 0.6) is 0 Å². The van der Waals surface area contributed by atoms with E-state index in [0.29, 0.717) is 26.2 Å². The number of fused-ring (bicyclic) bond motifs is 1. The van der Waals surface area contributed by atoms with Gasteiger partial charge in [0.05, 0.1) is 3.57 Å². The summed E-state index contributed by atoms with van der Waals surface area (Å²) in [7, 11) is 2.05. The Hall–Kier alpha value is -1.09. The summed E-state index contributed by atoms with van der Waals surface area (Å²) in [5.41, 5.74) is 2.81. The minimum absolute atomic E-state index is 0.153. The second-order valence-corrected chi connectivity index (χ2v) is 8.85. The van der Waals surface area contributed by atoms with Crippen molar-refractivity contribution in [3.8, 4) is 0 Å². The summed E-state index contributed by atoms with van der Waals surface area (Å²) in [6.45, 7) is 9.80. The van der Waals surface area contributed by atoms with Crippen molar-refractivity contribution >= 4 is 34.4 Å². The van der Waals surface area contributed by atoms with Gasteiger partial charge < -0.3 is 14.5 Å².